The molecule has 3 rings (SSSR count). The third kappa shape index (κ3) is 6.16. The minimum Gasteiger partial charge on any atom is -0.466 e. The number of esters is 1. The summed E-state index contributed by atoms with van der Waals surface area (Å²) in [5.41, 5.74) is 4.74. The van der Waals surface area contributed by atoms with Crippen LogP contribution in [0.2, 0.25) is 0 Å². The fourth-order valence-corrected chi connectivity index (χ4v) is 4.39. The standard InChI is InChI=1S/C27H34N2O5/c1-6-33-26(31)14-9-20-7-10-21(11-8-20)22-12-13-25-23(16-22)24(28-27(32)34-17(2)3)15-18(4)29(25)19(5)30/h7-8,10-13,16-18,24H,6,9,14-15H2,1-5H3,(H,28,32). The van der Waals surface area contributed by atoms with Crippen LogP contribution in [0.5, 0.6) is 0 Å². The number of aryl methyl sites for hydroxylation is 1. The van der Waals surface area contributed by atoms with Crippen molar-refractivity contribution in [1.82, 2.24) is 5.32 Å². The van der Waals surface area contributed by atoms with Crippen molar-refractivity contribution in [3.63, 3.8) is 0 Å². The van der Waals surface area contributed by atoms with Gasteiger partial charge in [-0.1, -0.05) is 30.3 Å². The lowest BCUT2D eigenvalue weighted by atomic mass is 9.89. The second-order valence-corrected chi connectivity index (χ2v) is 8.90. The molecule has 1 aliphatic heterocycles. The first-order valence-corrected chi connectivity index (χ1v) is 11.8. The molecule has 34 heavy (non-hydrogen) atoms. The average molecular weight is 467 g/mol. The van der Waals surface area contributed by atoms with E-state index in [9.17, 15) is 14.4 Å². The van der Waals surface area contributed by atoms with Crippen LogP contribution in [0.25, 0.3) is 11.1 Å². The van der Waals surface area contributed by atoms with Crippen LogP contribution in [0.3, 0.4) is 0 Å². The van der Waals surface area contributed by atoms with Crippen molar-refractivity contribution in [2.75, 3.05) is 11.5 Å². The Hall–Kier alpha value is -3.35. The highest BCUT2D eigenvalue weighted by Gasteiger charge is 2.33. The van der Waals surface area contributed by atoms with Gasteiger partial charge in [-0.05, 0) is 74.9 Å². The smallest absolute Gasteiger partial charge is 0.407 e. The lowest BCUT2D eigenvalue weighted by Crippen LogP contribution is -2.45. The summed E-state index contributed by atoms with van der Waals surface area (Å²) in [7, 11) is 0. The van der Waals surface area contributed by atoms with Gasteiger partial charge >= 0.3 is 12.1 Å². The zero-order valence-corrected chi connectivity index (χ0v) is 20.6. The van der Waals surface area contributed by atoms with Gasteiger partial charge < -0.3 is 19.7 Å². The van der Waals surface area contributed by atoms with E-state index in [1.165, 1.54) is 0 Å². The lowest BCUT2D eigenvalue weighted by Gasteiger charge is -2.39. The number of hydrogen-bond donors (Lipinski definition) is 1. The van der Waals surface area contributed by atoms with Crippen molar-refractivity contribution in [2.45, 2.75) is 72.1 Å². The molecule has 0 saturated carbocycles. The number of alkyl carbamates (subject to hydrolysis) is 1. The van der Waals surface area contributed by atoms with Crippen LogP contribution >= 0.6 is 0 Å². The molecule has 2 amide bonds. The number of fused-ring (bicyclic) bond motifs is 1. The molecule has 2 unspecified atom stereocenters. The van der Waals surface area contributed by atoms with Gasteiger partial charge in [0.15, 0.2) is 0 Å². The maximum atomic E-state index is 12.4. The first kappa shape index (κ1) is 25.3. The normalized spacial score (nSPS) is 17.2. The summed E-state index contributed by atoms with van der Waals surface area (Å²) in [6, 6.07) is 13.7. The Morgan fingerprint density at radius 3 is 2.38 bits per heavy atom. The Morgan fingerprint density at radius 1 is 1.09 bits per heavy atom. The van der Waals surface area contributed by atoms with Crippen molar-refractivity contribution in [3.8, 4) is 11.1 Å². The minimum absolute atomic E-state index is 0.0318. The number of ether oxygens (including phenoxy) is 2. The number of nitrogens with one attached hydrogen (secondary N) is 1. The summed E-state index contributed by atoms with van der Waals surface area (Å²) in [5, 5.41) is 2.98. The van der Waals surface area contributed by atoms with E-state index in [0.29, 0.717) is 25.9 Å². The fraction of sp³-hybridized carbons (Fsp3) is 0.444. The molecule has 2 atom stereocenters. The molecule has 7 nitrogen and oxygen atoms in total. The minimum atomic E-state index is -0.467. The van der Waals surface area contributed by atoms with E-state index in [-0.39, 0.29) is 30.1 Å². The molecule has 1 heterocycles. The zero-order valence-electron chi connectivity index (χ0n) is 20.6. The van der Waals surface area contributed by atoms with Crippen LogP contribution in [0.4, 0.5) is 10.5 Å². The van der Waals surface area contributed by atoms with Crippen LogP contribution in [0.15, 0.2) is 42.5 Å². The maximum Gasteiger partial charge on any atom is 0.407 e. The molecule has 1 N–H and O–H groups in total. The Kier molecular flexibility index (Phi) is 8.31. The number of hydrogen-bond acceptors (Lipinski definition) is 5. The predicted molar refractivity (Wildman–Crippen MR) is 132 cm³/mol. The molecule has 0 aromatic heterocycles. The molecule has 0 bridgehead atoms. The van der Waals surface area contributed by atoms with Crippen LogP contribution in [-0.2, 0) is 25.5 Å². The van der Waals surface area contributed by atoms with Gasteiger partial charge in [0.25, 0.3) is 0 Å². The van der Waals surface area contributed by atoms with E-state index >= 15 is 0 Å². The van der Waals surface area contributed by atoms with E-state index < -0.39 is 6.09 Å². The van der Waals surface area contributed by atoms with Gasteiger partial charge in [0, 0.05) is 25.1 Å². The Bertz CT molecular complexity index is 1030. The van der Waals surface area contributed by atoms with Gasteiger partial charge in [0.1, 0.15) is 0 Å². The summed E-state index contributed by atoms with van der Waals surface area (Å²) in [5.74, 6) is -0.226. The summed E-state index contributed by atoms with van der Waals surface area (Å²) < 4.78 is 10.3. The molecule has 0 spiro atoms. The molecule has 0 saturated heterocycles. The quantitative estimate of drug-likeness (QED) is 0.569. The average Bonchev–Trinajstić information content (AvgIpc) is 2.77. The lowest BCUT2D eigenvalue weighted by molar-refractivity contribution is -0.143. The molecule has 2 aromatic carbocycles. The Balaban J connectivity index is 1.87. The molecular weight excluding hydrogens is 432 g/mol. The Labute approximate surface area is 201 Å². The molecule has 1 aliphatic rings. The van der Waals surface area contributed by atoms with Crippen molar-refractivity contribution < 1.29 is 23.9 Å². The summed E-state index contributed by atoms with van der Waals surface area (Å²) >= 11 is 0. The number of carbonyl (C=O) groups excluding carboxylic acids is 3. The number of benzene rings is 2. The third-order valence-corrected chi connectivity index (χ3v) is 5.86. The predicted octanol–water partition coefficient (Wildman–Crippen LogP) is 5.17. The zero-order chi connectivity index (χ0) is 24.8. The highest BCUT2D eigenvalue weighted by Crippen LogP contribution is 2.39. The first-order valence-electron chi connectivity index (χ1n) is 11.8. The molecular formula is C27H34N2O5. The van der Waals surface area contributed by atoms with Crippen molar-refractivity contribution >= 4 is 23.7 Å². The second kappa shape index (κ2) is 11.2. The number of rotatable bonds is 7. The SMILES string of the molecule is CCOC(=O)CCc1ccc(-c2ccc3c(c2)C(NC(=O)OC(C)C)CC(C)N3C(C)=O)cc1. The van der Waals surface area contributed by atoms with Gasteiger partial charge in [-0.25, -0.2) is 4.79 Å². The maximum absolute atomic E-state index is 12.4. The molecule has 0 fully saturated rings. The summed E-state index contributed by atoms with van der Waals surface area (Å²) in [6.45, 7) is 9.35. The number of anilines is 1. The van der Waals surface area contributed by atoms with Crippen molar-refractivity contribution in [1.29, 1.82) is 0 Å². The monoisotopic (exact) mass is 466 g/mol. The van der Waals surface area contributed by atoms with E-state index in [0.717, 1.165) is 27.9 Å². The topological polar surface area (TPSA) is 84.9 Å². The second-order valence-electron chi connectivity index (χ2n) is 8.90. The van der Waals surface area contributed by atoms with Crippen LogP contribution in [0.1, 0.15) is 64.6 Å². The van der Waals surface area contributed by atoms with E-state index in [4.69, 9.17) is 9.47 Å². The Morgan fingerprint density at radius 2 is 1.76 bits per heavy atom. The molecule has 0 radical (unpaired) electrons. The van der Waals surface area contributed by atoms with Crippen LogP contribution < -0.4 is 10.2 Å². The third-order valence-electron chi connectivity index (χ3n) is 5.86. The highest BCUT2D eigenvalue weighted by atomic mass is 16.6. The summed E-state index contributed by atoms with van der Waals surface area (Å²) in [6.07, 6.45) is 0.883. The van der Waals surface area contributed by atoms with Crippen molar-refractivity contribution in [2.24, 2.45) is 0 Å². The van der Waals surface area contributed by atoms with Gasteiger partial charge in [-0.15, -0.1) is 0 Å². The molecule has 7 heteroatoms. The number of amides is 2. The first-order chi connectivity index (χ1) is 16.2. The molecule has 2 aromatic rings. The van der Waals surface area contributed by atoms with Gasteiger partial charge in [-0.2, -0.15) is 0 Å². The summed E-state index contributed by atoms with van der Waals surface area (Å²) in [4.78, 5) is 38.1. The number of carbonyl (C=O) groups is 3. The van der Waals surface area contributed by atoms with E-state index in [1.807, 2.05) is 63.2 Å². The largest absolute Gasteiger partial charge is 0.466 e. The van der Waals surface area contributed by atoms with E-state index in [2.05, 4.69) is 5.32 Å². The van der Waals surface area contributed by atoms with Gasteiger partial charge in [0.05, 0.1) is 18.8 Å². The highest BCUT2D eigenvalue weighted by molar-refractivity contribution is 5.94. The molecule has 182 valence electrons. The van der Waals surface area contributed by atoms with Gasteiger partial charge in [-0.3, -0.25) is 9.59 Å². The fourth-order valence-electron chi connectivity index (χ4n) is 4.39. The molecule has 0 aliphatic carbocycles. The van der Waals surface area contributed by atoms with Gasteiger partial charge in [0.2, 0.25) is 5.91 Å². The van der Waals surface area contributed by atoms with Crippen LogP contribution in [-0.4, -0.2) is 36.7 Å². The van der Waals surface area contributed by atoms with E-state index in [1.54, 1.807) is 18.7 Å². The van der Waals surface area contributed by atoms with Crippen LogP contribution in [0, 0.1) is 0 Å². The van der Waals surface area contributed by atoms with Crippen molar-refractivity contribution in [3.05, 3.63) is 53.6 Å². The number of nitrogens with zero attached hydrogens (tertiary/aromatic N) is 1.